The molecule has 1 saturated heterocycles. The van der Waals surface area contributed by atoms with E-state index < -0.39 is 18.0 Å². The first kappa shape index (κ1) is 24.8. The Kier molecular flexibility index (Phi) is 7.28. The number of urea groups is 1. The number of nitrogens with one attached hydrogen (secondary N) is 2. The Balaban J connectivity index is 1.39. The van der Waals surface area contributed by atoms with Crippen LogP contribution in [0.3, 0.4) is 0 Å². The van der Waals surface area contributed by atoms with Crippen molar-refractivity contribution < 1.29 is 23.9 Å². The Bertz CT molecular complexity index is 1280. The van der Waals surface area contributed by atoms with Crippen LogP contribution in [0.1, 0.15) is 48.7 Å². The van der Waals surface area contributed by atoms with E-state index in [1.165, 1.54) is 23.2 Å². The number of hydrogen-bond acceptors (Lipinski definition) is 4. The predicted octanol–water partition coefficient (Wildman–Crippen LogP) is 5.34. The Morgan fingerprint density at radius 3 is 2.31 bits per heavy atom. The van der Waals surface area contributed by atoms with Crippen molar-refractivity contribution in [1.29, 1.82) is 0 Å². The zero-order valence-electron chi connectivity index (χ0n) is 20.0. The highest BCUT2D eigenvalue weighted by Crippen LogP contribution is 2.25. The first-order chi connectivity index (χ1) is 17.2. The summed E-state index contributed by atoms with van der Waals surface area (Å²) in [4.78, 5) is 42.1. The summed E-state index contributed by atoms with van der Waals surface area (Å²) in [5.74, 6) is -1.74. The van der Waals surface area contributed by atoms with E-state index in [-0.39, 0.29) is 23.3 Å². The highest BCUT2D eigenvalue weighted by Gasteiger charge is 2.34. The molecule has 3 amide bonds. The van der Waals surface area contributed by atoms with Crippen molar-refractivity contribution in [2.45, 2.75) is 38.6 Å². The molecular weight excluding hydrogens is 463 g/mol. The lowest BCUT2D eigenvalue weighted by Gasteiger charge is -2.24. The number of benzene rings is 2. The van der Waals surface area contributed by atoms with Gasteiger partial charge in [-0.1, -0.05) is 38.1 Å². The molecule has 9 heteroatoms. The Labute approximate surface area is 208 Å². The van der Waals surface area contributed by atoms with E-state index in [1.807, 2.05) is 13.8 Å². The second-order valence-corrected chi connectivity index (χ2v) is 8.98. The largest absolute Gasteiger partial charge is 0.477 e. The number of nitrogens with zero attached hydrogens (tertiary/aromatic N) is 2. The first-order valence-corrected chi connectivity index (χ1v) is 11.7. The molecule has 0 radical (unpaired) electrons. The number of anilines is 2. The molecule has 1 aromatic heterocycles. The average molecular weight is 491 g/mol. The van der Waals surface area contributed by atoms with E-state index in [9.17, 15) is 18.8 Å². The fourth-order valence-electron chi connectivity index (χ4n) is 4.21. The van der Waals surface area contributed by atoms with Crippen LogP contribution in [0.15, 0.2) is 60.8 Å². The molecular formula is C27H27FN4O4. The van der Waals surface area contributed by atoms with Gasteiger partial charge in [0, 0.05) is 29.7 Å². The molecule has 8 nitrogen and oxygen atoms in total. The summed E-state index contributed by atoms with van der Waals surface area (Å²) in [5, 5.41) is 14.5. The van der Waals surface area contributed by atoms with Gasteiger partial charge in [-0.2, -0.15) is 0 Å². The topological polar surface area (TPSA) is 112 Å². The van der Waals surface area contributed by atoms with Crippen LogP contribution >= 0.6 is 0 Å². The molecule has 1 atom stereocenters. The van der Waals surface area contributed by atoms with Crippen LogP contribution < -0.4 is 10.6 Å². The number of carboxylic acid groups (broad SMARTS) is 1. The van der Waals surface area contributed by atoms with Gasteiger partial charge < -0.3 is 20.6 Å². The molecule has 1 aliphatic heterocycles. The van der Waals surface area contributed by atoms with Gasteiger partial charge in [-0.05, 0) is 60.2 Å². The molecule has 3 N–H and O–H groups in total. The fourth-order valence-corrected chi connectivity index (χ4v) is 4.21. The summed E-state index contributed by atoms with van der Waals surface area (Å²) in [6.07, 6.45) is 2.69. The molecule has 1 aliphatic rings. The molecule has 186 valence electrons. The summed E-state index contributed by atoms with van der Waals surface area (Å²) in [6.45, 7) is 4.22. The van der Waals surface area contributed by atoms with Crippen LogP contribution in [0.5, 0.6) is 0 Å². The zero-order valence-corrected chi connectivity index (χ0v) is 20.0. The van der Waals surface area contributed by atoms with E-state index in [2.05, 4.69) is 15.6 Å². The number of aromatic carboxylic acids is 1. The summed E-state index contributed by atoms with van der Waals surface area (Å²) in [6, 6.07) is 13.7. The number of carboxylic acids is 1. The monoisotopic (exact) mass is 490 g/mol. The Morgan fingerprint density at radius 1 is 1.00 bits per heavy atom. The first-order valence-electron chi connectivity index (χ1n) is 11.7. The maximum absolute atomic E-state index is 14.3. The van der Waals surface area contributed by atoms with Gasteiger partial charge in [-0.3, -0.25) is 4.79 Å². The van der Waals surface area contributed by atoms with Crippen LogP contribution in [0.4, 0.5) is 20.6 Å². The zero-order chi connectivity index (χ0) is 25.8. The molecule has 0 saturated carbocycles. The van der Waals surface area contributed by atoms with Gasteiger partial charge in [-0.25, -0.2) is 19.0 Å². The van der Waals surface area contributed by atoms with Gasteiger partial charge in [0.25, 0.3) is 0 Å². The highest BCUT2D eigenvalue weighted by molar-refractivity contribution is 5.99. The van der Waals surface area contributed by atoms with E-state index >= 15 is 0 Å². The lowest BCUT2D eigenvalue weighted by molar-refractivity contribution is -0.119. The van der Waals surface area contributed by atoms with Gasteiger partial charge in [0.2, 0.25) is 5.91 Å². The minimum absolute atomic E-state index is 0.0321. The van der Waals surface area contributed by atoms with Crippen LogP contribution in [0.25, 0.3) is 11.1 Å². The summed E-state index contributed by atoms with van der Waals surface area (Å²) >= 11 is 0. The maximum atomic E-state index is 14.3. The third-order valence-corrected chi connectivity index (χ3v) is 6.16. The van der Waals surface area contributed by atoms with Crippen LogP contribution in [-0.4, -0.2) is 45.5 Å². The van der Waals surface area contributed by atoms with Crippen molar-refractivity contribution in [2.75, 3.05) is 17.2 Å². The van der Waals surface area contributed by atoms with Gasteiger partial charge in [-0.15, -0.1) is 0 Å². The standard InChI is InChI=1S/C27H27FN4O4/c1-16(2)21-11-10-20(14-22(21)28)31-27(36)32-13-3-4-24(32)25(33)30-19-8-5-17(6-9-19)18-7-12-23(26(34)35)29-15-18/h5-12,14-16,24H,3-4,13H2,1-2H3,(H,30,33)(H,31,36)(H,34,35)/t24-/m1/s1. The molecule has 4 rings (SSSR count). The van der Waals surface area contributed by atoms with Gasteiger partial charge >= 0.3 is 12.0 Å². The van der Waals surface area contributed by atoms with Crippen molar-refractivity contribution in [3.63, 3.8) is 0 Å². The maximum Gasteiger partial charge on any atom is 0.354 e. The molecule has 3 aromatic rings. The minimum Gasteiger partial charge on any atom is -0.477 e. The Hall–Kier alpha value is -4.27. The van der Waals surface area contributed by atoms with Gasteiger partial charge in [0.05, 0.1) is 0 Å². The highest BCUT2D eigenvalue weighted by atomic mass is 19.1. The van der Waals surface area contributed by atoms with Crippen molar-refractivity contribution >= 4 is 29.3 Å². The van der Waals surface area contributed by atoms with Crippen LogP contribution in [0, 0.1) is 5.82 Å². The molecule has 0 aliphatic carbocycles. The smallest absolute Gasteiger partial charge is 0.354 e. The van der Waals surface area contributed by atoms with Crippen molar-refractivity contribution in [3.05, 3.63) is 77.9 Å². The van der Waals surface area contributed by atoms with Gasteiger partial charge in [0.15, 0.2) is 0 Å². The SMILES string of the molecule is CC(C)c1ccc(NC(=O)N2CCC[C@@H]2C(=O)Nc2ccc(-c3ccc(C(=O)O)nc3)cc2)cc1F. The van der Waals surface area contributed by atoms with Gasteiger partial charge in [0.1, 0.15) is 17.6 Å². The number of amides is 3. The minimum atomic E-state index is -1.09. The molecule has 0 bridgehead atoms. The van der Waals surface area contributed by atoms with E-state index in [0.717, 1.165) is 11.1 Å². The third-order valence-electron chi connectivity index (χ3n) is 6.16. The van der Waals surface area contributed by atoms with Crippen LogP contribution in [0.2, 0.25) is 0 Å². The number of halogens is 1. The summed E-state index contributed by atoms with van der Waals surface area (Å²) < 4.78 is 14.3. The van der Waals surface area contributed by atoms with E-state index in [1.54, 1.807) is 42.5 Å². The normalized spacial score (nSPS) is 15.1. The molecule has 0 spiro atoms. The second kappa shape index (κ2) is 10.6. The number of rotatable bonds is 6. The third kappa shape index (κ3) is 5.51. The molecule has 2 aromatic carbocycles. The summed E-state index contributed by atoms with van der Waals surface area (Å²) in [5.41, 5.74) is 3.01. The number of pyridine rings is 1. The molecule has 0 unspecified atom stereocenters. The number of carbonyl (C=O) groups is 3. The van der Waals surface area contributed by atoms with E-state index in [0.29, 0.717) is 36.3 Å². The predicted molar refractivity (Wildman–Crippen MR) is 134 cm³/mol. The van der Waals surface area contributed by atoms with Crippen molar-refractivity contribution in [3.8, 4) is 11.1 Å². The van der Waals surface area contributed by atoms with Crippen LogP contribution in [-0.2, 0) is 4.79 Å². The summed E-state index contributed by atoms with van der Waals surface area (Å²) in [7, 11) is 0. The molecule has 2 heterocycles. The van der Waals surface area contributed by atoms with Crippen molar-refractivity contribution in [2.24, 2.45) is 0 Å². The lowest BCUT2D eigenvalue weighted by atomic mass is 10.0. The number of carbonyl (C=O) groups excluding carboxylic acids is 2. The van der Waals surface area contributed by atoms with E-state index in [4.69, 9.17) is 5.11 Å². The molecule has 36 heavy (non-hydrogen) atoms. The lowest BCUT2D eigenvalue weighted by Crippen LogP contribution is -2.45. The number of aromatic nitrogens is 1. The number of likely N-dealkylation sites (tertiary alicyclic amines) is 1. The molecule has 1 fully saturated rings. The fraction of sp³-hybridized carbons (Fsp3) is 0.259. The second-order valence-electron chi connectivity index (χ2n) is 8.98. The van der Waals surface area contributed by atoms with Crippen molar-refractivity contribution in [1.82, 2.24) is 9.88 Å². The quantitative estimate of drug-likeness (QED) is 0.432. The average Bonchev–Trinajstić information content (AvgIpc) is 3.35. The number of hydrogen-bond donors (Lipinski definition) is 3. The Morgan fingerprint density at radius 2 is 1.69 bits per heavy atom.